The van der Waals surface area contributed by atoms with E-state index in [1.54, 1.807) is 0 Å². The number of ether oxygens (including phenoxy) is 1. The highest BCUT2D eigenvalue weighted by Crippen LogP contribution is 2.24. The molecule has 9 heteroatoms. The van der Waals surface area contributed by atoms with Crippen LogP contribution in [0.5, 0.6) is 5.75 Å². The molecule has 1 aromatic carbocycles. The number of rotatable bonds is 6. The van der Waals surface area contributed by atoms with E-state index in [9.17, 15) is 14.9 Å². The SMILES string of the molecule is COc1cc([N+](=O)[O-])ccc1C(=O)NCCN=[N+]=[N-]. The fourth-order valence-corrected chi connectivity index (χ4v) is 1.34. The molecule has 1 rings (SSSR count). The zero-order valence-electron chi connectivity index (χ0n) is 10.1. The van der Waals surface area contributed by atoms with Gasteiger partial charge in [0.25, 0.3) is 11.6 Å². The Kier molecular flexibility index (Phi) is 5.12. The summed E-state index contributed by atoms with van der Waals surface area (Å²) in [4.78, 5) is 24.3. The van der Waals surface area contributed by atoms with E-state index >= 15 is 0 Å². The van der Waals surface area contributed by atoms with Crippen molar-refractivity contribution in [2.75, 3.05) is 20.2 Å². The van der Waals surface area contributed by atoms with Gasteiger partial charge >= 0.3 is 0 Å². The molecule has 0 aliphatic rings. The number of carbonyl (C=O) groups excluding carboxylic acids is 1. The second-order valence-corrected chi connectivity index (χ2v) is 3.35. The summed E-state index contributed by atoms with van der Waals surface area (Å²) >= 11 is 0. The monoisotopic (exact) mass is 265 g/mol. The molecule has 0 bridgehead atoms. The number of azide groups is 1. The Morgan fingerprint density at radius 3 is 2.95 bits per heavy atom. The van der Waals surface area contributed by atoms with E-state index < -0.39 is 10.8 Å². The average molecular weight is 265 g/mol. The number of nitro groups is 1. The molecule has 0 unspecified atom stereocenters. The number of methoxy groups -OCH3 is 1. The number of benzene rings is 1. The Hall–Kier alpha value is -2.80. The van der Waals surface area contributed by atoms with Gasteiger partial charge in [-0.3, -0.25) is 14.9 Å². The molecule has 0 fully saturated rings. The predicted octanol–water partition coefficient (Wildman–Crippen LogP) is 1.64. The number of carbonyl (C=O) groups is 1. The lowest BCUT2D eigenvalue weighted by molar-refractivity contribution is -0.384. The van der Waals surface area contributed by atoms with Crippen molar-refractivity contribution >= 4 is 11.6 Å². The molecule has 1 N–H and O–H groups in total. The molecule has 0 atom stereocenters. The second-order valence-electron chi connectivity index (χ2n) is 3.35. The minimum absolute atomic E-state index is 0.107. The summed E-state index contributed by atoms with van der Waals surface area (Å²) in [5.41, 5.74) is 8.09. The second kappa shape index (κ2) is 6.82. The first-order chi connectivity index (χ1) is 9.10. The maximum atomic E-state index is 11.8. The molecule has 0 saturated heterocycles. The standard InChI is InChI=1S/C10H11N5O4/c1-19-9-6-7(15(17)18)2-3-8(9)10(16)12-4-5-13-14-11/h2-3,6H,4-5H2,1H3,(H,12,16). The van der Waals surface area contributed by atoms with Gasteiger partial charge in [0.1, 0.15) is 5.75 Å². The molecular weight excluding hydrogens is 254 g/mol. The summed E-state index contributed by atoms with van der Waals surface area (Å²) in [7, 11) is 1.32. The van der Waals surface area contributed by atoms with Crippen LogP contribution in [-0.4, -0.2) is 31.0 Å². The lowest BCUT2D eigenvalue weighted by Gasteiger charge is -2.08. The minimum atomic E-state index is -0.578. The molecule has 100 valence electrons. The smallest absolute Gasteiger partial charge is 0.273 e. The van der Waals surface area contributed by atoms with E-state index in [2.05, 4.69) is 15.3 Å². The highest BCUT2D eigenvalue weighted by molar-refractivity contribution is 5.97. The van der Waals surface area contributed by atoms with Crippen LogP contribution < -0.4 is 10.1 Å². The molecule has 0 radical (unpaired) electrons. The minimum Gasteiger partial charge on any atom is -0.496 e. The van der Waals surface area contributed by atoms with Gasteiger partial charge in [-0.05, 0) is 11.6 Å². The third-order valence-corrected chi connectivity index (χ3v) is 2.20. The molecule has 1 amide bonds. The van der Waals surface area contributed by atoms with Crippen molar-refractivity contribution < 1.29 is 14.5 Å². The number of non-ortho nitro benzene ring substituents is 1. The van der Waals surface area contributed by atoms with Crippen molar-refractivity contribution in [3.63, 3.8) is 0 Å². The van der Waals surface area contributed by atoms with E-state index in [0.717, 1.165) is 0 Å². The Labute approximate surface area is 108 Å². The van der Waals surface area contributed by atoms with Gasteiger partial charge in [-0.2, -0.15) is 0 Å². The molecule has 9 nitrogen and oxygen atoms in total. The van der Waals surface area contributed by atoms with E-state index in [4.69, 9.17) is 10.3 Å². The Bertz CT molecular complexity index is 539. The Morgan fingerprint density at radius 2 is 2.37 bits per heavy atom. The largest absolute Gasteiger partial charge is 0.496 e. The van der Waals surface area contributed by atoms with Gasteiger partial charge in [0.15, 0.2) is 0 Å². The number of hydrogen-bond acceptors (Lipinski definition) is 5. The van der Waals surface area contributed by atoms with Crippen molar-refractivity contribution in [3.05, 3.63) is 44.3 Å². The molecule has 0 aliphatic carbocycles. The Morgan fingerprint density at radius 1 is 1.63 bits per heavy atom. The number of nitrogens with zero attached hydrogens (tertiary/aromatic N) is 4. The van der Waals surface area contributed by atoms with Crippen LogP contribution in [0, 0.1) is 10.1 Å². The topological polar surface area (TPSA) is 130 Å². The Balaban J connectivity index is 2.84. The first-order valence-corrected chi connectivity index (χ1v) is 5.21. The zero-order chi connectivity index (χ0) is 14.3. The van der Waals surface area contributed by atoms with Gasteiger partial charge in [-0.1, -0.05) is 5.11 Å². The third kappa shape index (κ3) is 3.86. The predicted molar refractivity (Wildman–Crippen MR) is 66.0 cm³/mol. The number of amides is 1. The third-order valence-electron chi connectivity index (χ3n) is 2.20. The number of hydrogen-bond donors (Lipinski definition) is 1. The van der Waals surface area contributed by atoms with Crippen molar-refractivity contribution in [1.82, 2.24) is 5.32 Å². The lowest BCUT2D eigenvalue weighted by atomic mass is 10.1. The molecule has 1 aromatic rings. The summed E-state index contributed by atoms with van der Waals surface area (Å²) in [6.07, 6.45) is 0. The zero-order valence-corrected chi connectivity index (χ0v) is 10.1. The van der Waals surface area contributed by atoms with Crippen LogP contribution in [0.4, 0.5) is 5.69 Å². The van der Waals surface area contributed by atoms with Gasteiger partial charge < -0.3 is 10.1 Å². The summed E-state index contributed by atoms with van der Waals surface area (Å²) in [5, 5.41) is 16.4. The van der Waals surface area contributed by atoms with Gasteiger partial charge in [0, 0.05) is 24.1 Å². The summed E-state index contributed by atoms with van der Waals surface area (Å²) < 4.78 is 4.94. The maximum Gasteiger partial charge on any atom is 0.273 e. The molecule has 0 aliphatic heterocycles. The summed E-state index contributed by atoms with van der Waals surface area (Å²) in [5.74, 6) is -0.352. The van der Waals surface area contributed by atoms with Gasteiger partial charge in [-0.15, -0.1) is 0 Å². The first kappa shape index (κ1) is 14.3. The number of nitro benzene ring substituents is 1. The molecule has 19 heavy (non-hydrogen) atoms. The van der Waals surface area contributed by atoms with Crippen molar-refractivity contribution in [2.24, 2.45) is 5.11 Å². The van der Waals surface area contributed by atoms with Crippen LogP contribution in [-0.2, 0) is 0 Å². The van der Waals surface area contributed by atoms with Crippen molar-refractivity contribution in [2.45, 2.75) is 0 Å². The van der Waals surface area contributed by atoms with Crippen LogP contribution in [0.3, 0.4) is 0 Å². The molecule has 0 heterocycles. The average Bonchev–Trinajstić information content (AvgIpc) is 2.42. The molecular formula is C10H11N5O4. The number of nitrogens with one attached hydrogen (secondary N) is 1. The fourth-order valence-electron chi connectivity index (χ4n) is 1.34. The van der Waals surface area contributed by atoms with Gasteiger partial charge in [0.05, 0.1) is 23.7 Å². The van der Waals surface area contributed by atoms with E-state index in [1.807, 2.05) is 0 Å². The maximum absolute atomic E-state index is 11.8. The molecule has 0 saturated carbocycles. The van der Waals surface area contributed by atoms with Crippen molar-refractivity contribution in [1.29, 1.82) is 0 Å². The van der Waals surface area contributed by atoms with E-state index in [0.29, 0.717) is 0 Å². The summed E-state index contributed by atoms with van der Waals surface area (Å²) in [6, 6.07) is 3.69. The first-order valence-electron chi connectivity index (χ1n) is 5.21. The van der Waals surface area contributed by atoms with Crippen LogP contribution in [0.1, 0.15) is 10.4 Å². The van der Waals surface area contributed by atoms with Crippen LogP contribution in [0.2, 0.25) is 0 Å². The van der Waals surface area contributed by atoms with Crippen LogP contribution >= 0.6 is 0 Å². The van der Waals surface area contributed by atoms with Crippen LogP contribution in [0.25, 0.3) is 10.4 Å². The highest BCUT2D eigenvalue weighted by Gasteiger charge is 2.16. The van der Waals surface area contributed by atoms with E-state index in [-0.39, 0.29) is 30.1 Å². The van der Waals surface area contributed by atoms with Gasteiger partial charge in [-0.25, -0.2) is 0 Å². The fraction of sp³-hybridized carbons (Fsp3) is 0.300. The quantitative estimate of drug-likeness (QED) is 0.209. The highest BCUT2D eigenvalue weighted by atomic mass is 16.6. The van der Waals surface area contributed by atoms with Crippen LogP contribution in [0.15, 0.2) is 23.3 Å². The molecule has 0 aromatic heterocycles. The van der Waals surface area contributed by atoms with E-state index in [1.165, 1.54) is 25.3 Å². The normalized spacial score (nSPS) is 9.32. The lowest BCUT2D eigenvalue weighted by Crippen LogP contribution is -2.26. The summed E-state index contributed by atoms with van der Waals surface area (Å²) in [6.45, 7) is 0.292. The van der Waals surface area contributed by atoms with Gasteiger partial charge in [0.2, 0.25) is 0 Å². The molecule has 0 spiro atoms. The van der Waals surface area contributed by atoms with Crippen molar-refractivity contribution in [3.8, 4) is 5.75 Å².